The Morgan fingerprint density at radius 2 is 1.51 bits per heavy atom. The zero-order valence-electron chi connectivity index (χ0n) is 26.8. The van der Waals surface area contributed by atoms with Gasteiger partial charge in [0.25, 0.3) is 0 Å². The first-order valence-electron chi connectivity index (χ1n) is 15.7. The lowest BCUT2D eigenvalue weighted by molar-refractivity contribution is -0.143. The quantitative estimate of drug-likeness (QED) is 0.0394. The number of nitrogens with zero attached hydrogens (tertiary/aromatic N) is 6. The van der Waals surface area contributed by atoms with Crippen molar-refractivity contribution in [2.45, 2.75) is 52.4 Å². The number of anilines is 1. The normalized spacial score (nSPS) is 11.4. The second-order valence-corrected chi connectivity index (χ2v) is 12.3. The first kappa shape index (κ1) is 35.4. The van der Waals surface area contributed by atoms with Crippen molar-refractivity contribution in [1.29, 1.82) is 0 Å². The Balaban J connectivity index is 1.18. The molecule has 13 heteroatoms. The number of thiazole rings is 1. The number of unbranched alkanes of at least 4 members (excludes halogenated alkanes) is 4. The lowest BCUT2D eigenvalue weighted by Gasteiger charge is -2.22. The summed E-state index contributed by atoms with van der Waals surface area (Å²) >= 11 is 2.91. The van der Waals surface area contributed by atoms with Crippen LogP contribution in [-0.4, -0.2) is 49.8 Å². The highest BCUT2D eigenvalue weighted by Gasteiger charge is 2.09. The molecule has 0 aliphatic rings. The Kier molecular flexibility index (Phi) is 14.5. The minimum absolute atomic E-state index is 0.188. The third-order valence-corrected chi connectivity index (χ3v) is 8.82. The van der Waals surface area contributed by atoms with Gasteiger partial charge in [0.05, 0.1) is 35.8 Å². The molecule has 0 aliphatic carbocycles. The van der Waals surface area contributed by atoms with Crippen LogP contribution in [0.5, 0.6) is 5.75 Å². The maximum Gasteiger partial charge on any atom is 0.330 e. The number of carbonyl (C=O) groups excluding carboxylic acids is 2. The largest absolute Gasteiger partial charge is 0.494 e. The number of esters is 2. The van der Waals surface area contributed by atoms with E-state index in [0.717, 1.165) is 76.0 Å². The minimum atomic E-state index is -0.366. The number of hydrogen-bond acceptors (Lipinski definition) is 13. The molecule has 0 atom stereocenters. The number of likely N-dealkylation sites (N-methyl/N-ethyl adjacent to an activating group) is 1. The molecule has 0 fully saturated rings. The van der Waals surface area contributed by atoms with Crippen LogP contribution in [0.1, 0.15) is 52.4 Å². The fraction of sp³-hybridized carbons (Fsp3) is 0.382. The van der Waals surface area contributed by atoms with E-state index in [2.05, 4.69) is 43.8 Å². The molecule has 4 rings (SSSR count). The molecule has 4 aromatic rings. The van der Waals surface area contributed by atoms with Crippen molar-refractivity contribution in [3.05, 3.63) is 67.3 Å². The van der Waals surface area contributed by atoms with Gasteiger partial charge in [-0.25, -0.2) is 9.78 Å². The van der Waals surface area contributed by atoms with Gasteiger partial charge >= 0.3 is 11.9 Å². The maximum atomic E-state index is 11.4. The molecule has 11 nitrogen and oxygen atoms in total. The van der Waals surface area contributed by atoms with Crippen molar-refractivity contribution >= 4 is 71.3 Å². The van der Waals surface area contributed by atoms with Crippen LogP contribution in [0.2, 0.25) is 0 Å². The molecule has 0 spiro atoms. The molecule has 0 saturated heterocycles. The molecule has 2 aromatic heterocycles. The van der Waals surface area contributed by atoms with Gasteiger partial charge in [-0.2, -0.15) is 0 Å². The Labute approximate surface area is 283 Å². The van der Waals surface area contributed by atoms with Crippen molar-refractivity contribution in [2.75, 3.05) is 37.8 Å². The number of aromatic nitrogens is 1. The molecule has 0 N–H and O–H groups in total. The van der Waals surface area contributed by atoms with Gasteiger partial charge < -0.3 is 19.1 Å². The molecule has 0 saturated carbocycles. The topological polar surface area (TPSA) is 127 Å². The summed E-state index contributed by atoms with van der Waals surface area (Å²) in [6.45, 7) is 10.1. The first-order valence-corrected chi connectivity index (χ1v) is 17.4. The van der Waals surface area contributed by atoms with Crippen LogP contribution < -0.4 is 9.64 Å². The van der Waals surface area contributed by atoms with Gasteiger partial charge in [0.1, 0.15) is 22.2 Å². The van der Waals surface area contributed by atoms with E-state index >= 15 is 0 Å². The van der Waals surface area contributed by atoms with Crippen LogP contribution in [-0.2, 0) is 19.1 Å². The molecule has 0 radical (unpaired) electrons. The fourth-order valence-electron chi connectivity index (χ4n) is 4.35. The van der Waals surface area contributed by atoms with Crippen LogP contribution in [0.25, 0.3) is 9.53 Å². The van der Waals surface area contributed by atoms with E-state index in [-0.39, 0.29) is 11.9 Å². The molecule has 0 unspecified atom stereocenters. The van der Waals surface area contributed by atoms with E-state index in [0.29, 0.717) is 37.9 Å². The van der Waals surface area contributed by atoms with E-state index < -0.39 is 0 Å². The van der Waals surface area contributed by atoms with Crippen molar-refractivity contribution in [1.82, 2.24) is 4.98 Å². The number of hydrogen-bond donors (Lipinski definition) is 0. The predicted octanol–water partition coefficient (Wildman–Crippen LogP) is 10.0. The summed E-state index contributed by atoms with van der Waals surface area (Å²) in [7, 11) is 0. The van der Waals surface area contributed by atoms with E-state index in [9.17, 15) is 9.59 Å². The van der Waals surface area contributed by atoms with Gasteiger partial charge in [-0.15, -0.1) is 20.5 Å². The molecule has 47 heavy (non-hydrogen) atoms. The molecule has 0 aliphatic heterocycles. The predicted molar refractivity (Wildman–Crippen MR) is 188 cm³/mol. The molecule has 2 heterocycles. The summed E-state index contributed by atoms with van der Waals surface area (Å²) in [4.78, 5) is 30.0. The molecular weight excluding hydrogens is 637 g/mol. The zero-order valence-corrected chi connectivity index (χ0v) is 28.4. The average molecular weight is 677 g/mol. The molecule has 2 aromatic carbocycles. The number of azo groups is 2. The average Bonchev–Trinajstić information content (AvgIpc) is 3.67. The van der Waals surface area contributed by atoms with E-state index in [1.807, 2.05) is 54.6 Å². The molecule has 248 valence electrons. The third-order valence-electron chi connectivity index (χ3n) is 6.89. The number of rotatable bonds is 20. The van der Waals surface area contributed by atoms with Gasteiger partial charge in [0.15, 0.2) is 0 Å². The summed E-state index contributed by atoms with van der Waals surface area (Å²) in [5.74, 6) is 0.245. The summed E-state index contributed by atoms with van der Waals surface area (Å²) < 4.78 is 17.0. The Morgan fingerprint density at radius 1 is 0.830 bits per heavy atom. The van der Waals surface area contributed by atoms with Gasteiger partial charge in [-0.3, -0.25) is 4.79 Å². The number of benzene rings is 2. The molecular formula is C34H40N6O5S2. The molecule has 0 bridgehead atoms. The number of fused-ring (bicyclic) bond motifs is 1. The van der Waals surface area contributed by atoms with E-state index in [1.165, 1.54) is 28.7 Å². The van der Waals surface area contributed by atoms with Crippen LogP contribution in [0, 0.1) is 0 Å². The van der Waals surface area contributed by atoms with Crippen LogP contribution in [0.15, 0.2) is 87.7 Å². The van der Waals surface area contributed by atoms with E-state index in [4.69, 9.17) is 14.2 Å². The Bertz CT molecular complexity index is 1600. The summed E-state index contributed by atoms with van der Waals surface area (Å²) in [5.41, 5.74) is 2.49. The lowest BCUT2D eigenvalue weighted by Crippen LogP contribution is -2.27. The van der Waals surface area contributed by atoms with Crippen molar-refractivity contribution in [2.24, 2.45) is 20.5 Å². The highest BCUT2D eigenvalue weighted by molar-refractivity contribution is 7.30. The van der Waals surface area contributed by atoms with Crippen LogP contribution >= 0.6 is 22.7 Å². The minimum Gasteiger partial charge on any atom is -0.494 e. The standard InChI is InChI=1S/C34H40N6O5S2/c1-4-31(41)44-22-11-9-7-8-10-21-43-28-18-14-26(15-19-28)36-38-30-24-29-33(47-30)35-34(46-29)39-37-25-12-16-27(17-13-25)40(6-3)20-23-45-32(42)5-2/h4,12-19,24H,1,5-11,20-23H2,2-3H3. The maximum absolute atomic E-state index is 11.4. The molecule has 0 amide bonds. The van der Waals surface area contributed by atoms with Gasteiger partial charge in [0, 0.05) is 24.7 Å². The Hall–Kier alpha value is -4.49. The monoisotopic (exact) mass is 676 g/mol. The third kappa shape index (κ3) is 12.0. The van der Waals surface area contributed by atoms with Crippen LogP contribution in [0.3, 0.4) is 0 Å². The Morgan fingerprint density at radius 3 is 2.19 bits per heavy atom. The smallest absolute Gasteiger partial charge is 0.330 e. The highest BCUT2D eigenvalue weighted by atomic mass is 32.1. The lowest BCUT2D eigenvalue weighted by atomic mass is 10.1. The summed E-state index contributed by atoms with van der Waals surface area (Å²) in [6.07, 6.45) is 6.55. The van der Waals surface area contributed by atoms with Crippen LogP contribution in [0.4, 0.5) is 27.2 Å². The number of ether oxygens (including phenoxy) is 3. The SMILES string of the molecule is C=CC(=O)OCCCCCCCOc1ccc(N=Nc2cc3sc(N=Nc4ccc(N(CC)CCOC(=O)CC)cc4)nc3s2)cc1. The zero-order chi connectivity index (χ0) is 33.3. The van der Waals surface area contributed by atoms with Crippen molar-refractivity contribution in [3.8, 4) is 5.75 Å². The van der Waals surface area contributed by atoms with Crippen molar-refractivity contribution in [3.63, 3.8) is 0 Å². The van der Waals surface area contributed by atoms with Gasteiger partial charge in [-0.05, 0) is 74.4 Å². The number of carbonyl (C=O) groups is 2. The van der Waals surface area contributed by atoms with Gasteiger partial charge in [-0.1, -0.05) is 55.4 Å². The van der Waals surface area contributed by atoms with Crippen molar-refractivity contribution < 1.29 is 23.8 Å². The first-order chi connectivity index (χ1) is 23.0. The van der Waals surface area contributed by atoms with E-state index in [1.54, 1.807) is 6.92 Å². The second kappa shape index (κ2) is 19.2. The van der Waals surface area contributed by atoms with Gasteiger partial charge in [0.2, 0.25) is 5.13 Å². The summed E-state index contributed by atoms with van der Waals surface area (Å²) in [5, 5.41) is 18.8. The number of thiophene rings is 1. The highest BCUT2D eigenvalue weighted by Crippen LogP contribution is 2.39. The fourth-order valence-corrected chi connectivity index (χ4v) is 6.20. The summed E-state index contributed by atoms with van der Waals surface area (Å²) in [6, 6.07) is 17.3. The second-order valence-electron chi connectivity index (χ2n) is 10.3.